The lowest BCUT2D eigenvalue weighted by Crippen LogP contribution is -2.52. The molecule has 4 rings (SSSR count). The fraction of sp³-hybridized carbons (Fsp3) is 0.444. The van der Waals surface area contributed by atoms with Crippen LogP contribution in [0.25, 0.3) is 11.3 Å². The van der Waals surface area contributed by atoms with Gasteiger partial charge in [-0.3, -0.25) is 9.69 Å². The molecule has 1 aromatic heterocycles. The number of aromatic nitrogens is 1. The standard InChI is InChI=1S/C18H20ClN3O4S/c19-14-3-1-13(2-4-14)17-11-16(20-26-17)18(23)22-8-6-21(7-9-22)15-5-10-27(24,25)12-15/h1-4,11,15H,5-10,12H2. The average molecular weight is 410 g/mol. The first kappa shape index (κ1) is 18.5. The van der Waals surface area contributed by atoms with Gasteiger partial charge in [0, 0.05) is 48.9 Å². The molecule has 27 heavy (non-hydrogen) atoms. The van der Waals surface area contributed by atoms with Gasteiger partial charge >= 0.3 is 0 Å². The lowest BCUT2D eigenvalue weighted by atomic mass is 10.1. The summed E-state index contributed by atoms with van der Waals surface area (Å²) in [4.78, 5) is 16.6. The number of nitrogens with zero attached hydrogens (tertiary/aromatic N) is 3. The number of amides is 1. The van der Waals surface area contributed by atoms with Gasteiger partial charge in [0.25, 0.3) is 5.91 Å². The molecule has 0 spiro atoms. The van der Waals surface area contributed by atoms with Crippen LogP contribution in [-0.2, 0) is 9.84 Å². The molecule has 1 unspecified atom stereocenters. The minimum absolute atomic E-state index is 0.0795. The van der Waals surface area contributed by atoms with E-state index in [0.29, 0.717) is 43.4 Å². The van der Waals surface area contributed by atoms with Crippen LogP contribution in [0.5, 0.6) is 0 Å². The van der Waals surface area contributed by atoms with E-state index >= 15 is 0 Å². The van der Waals surface area contributed by atoms with Gasteiger partial charge in [-0.1, -0.05) is 16.8 Å². The Morgan fingerprint density at radius 1 is 1.15 bits per heavy atom. The van der Waals surface area contributed by atoms with Gasteiger partial charge in [-0.05, 0) is 30.7 Å². The Bertz CT molecular complexity index is 934. The Balaban J connectivity index is 1.38. The molecular formula is C18H20ClN3O4S. The van der Waals surface area contributed by atoms with Gasteiger partial charge in [-0.15, -0.1) is 0 Å². The van der Waals surface area contributed by atoms with Crippen LogP contribution >= 0.6 is 11.6 Å². The highest BCUT2D eigenvalue weighted by atomic mass is 35.5. The van der Waals surface area contributed by atoms with E-state index in [1.807, 2.05) is 12.1 Å². The molecule has 1 atom stereocenters. The first-order chi connectivity index (χ1) is 12.9. The zero-order valence-electron chi connectivity index (χ0n) is 14.7. The number of sulfone groups is 1. The van der Waals surface area contributed by atoms with E-state index in [1.54, 1.807) is 23.1 Å². The molecular weight excluding hydrogens is 390 g/mol. The van der Waals surface area contributed by atoms with Crippen molar-refractivity contribution >= 4 is 27.3 Å². The van der Waals surface area contributed by atoms with E-state index in [9.17, 15) is 13.2 Å². The molecule has 1 aromatic carbocycles. The molecule has 2 aromatic rings. The Morgan fingerprint density at radius 2 is 1.85 bits per heavy atom. The average Bonchev–Trinajstić information content (AvgIpc) is 3.29. The second-order valence-corrected chi connectivity index (χ2v) is 9.63. The minimum atomic E-state index is -2.90. The quantitative estimate of drug-likeness (QED) is 0.770. The first-order valence-corrected chi connectivity index (χ1v) is 11.1. The van der Waals surface area contributed by atoms with Gasteiger partial charge in [0.05, 0.1) is 11.5 Å². The summed E-state index contributed by atoms with van der Waals surface area (Å²) < 4.78 is 28.6. The molecule has 7 nitrogen and oxygen atoms in total. The smallest absolute Gasteiger partial charge is 0.276 e. The second-order valence-electron chi connectivity index (χ2n) is 6.97. The monoisotopic (exact) mass is 409 g/mol. The topological polar surface area (TPSA) is 83.7 Å². The van der Waals surface area contributed by atoms with Gasteiger partial charge in [0.1, 0.15) is 0 Å². The molecule has 3 heterocycles. The van der Waals surface area contributed by atoms with Crippen LogP contribution in [0.2, 0.25) is 5.02 Å². The summed E-state index contributed by atoms with van der Waals surface area (Å²) in [5.74, 6) is 0.847. The Labute approximate surface area is 162 Å². The van der Waals surface area contributed by atoms with Gasteiger partial charge < -0.3 is 9.42 Å². The van der Waals surface area contributed by atoms with Gasteiger partial charge in [-0.2, -0.15) is 0 Å². The van der Waals surface area contributed by atoms with Crippen LogP contribution in [0, 0.1) is 0 Å². The minimum Gasteiger partial charge on any atom is -0.355 e. The van der Waals surface area contributed by atoms with Crippen LogP contribution in [0.15, 0.2) is 34.9 Å². The number of carbonyl (C=O) groups is 1. The zero-order chi connectivity index (χ0) is 19.0. The lowest BCUT2D eigenvalue weighted by molar-refractivity contribution is 0.0578. The largest absolute Gasteiger partial charge is 0.355 e. The molecule has 144 valence electrons. The summed E-state index contributed by atoms with van der Waals surface area (Å²) in [6.07, 6.45) is 0.685. The highest BCUT2D eigenvalue weighted by Gasteiger charge is 2.34. The molecule has 0 N–H and O–H groups in total. The highest BCUT2D eigenvalue weighted by molar-refractivity contribution is 7.91. The van der Waals surface area contributed by atoms with E-state index in [-0.39, 0.29) is 29.1 Å². The molecule has 9 heteroatoms. The van der Waals surface area contributed by atoms with Gasteiger partial charge in [0.2, 0.25) is 0 Å². The van der Waals surface area contributed by atoms with Crippen molar-refractivity contribution in [3.8, 4) is 11.3 Å². The van der Waals surface area contributed by atoms with E-state index in [1.165, 1.54) is 0 Å². The summed E-state index contributed by atoms with van der Waals surface area (Å²) >= 11 is 5.89. The number of carbonyl (C=O) groups excluding carboxylic acids is 1. The maximum atomic E-state index is 12.7. The third kappa shape index (κ3) is 4.02. The molecule has 0 bridgehead atoms. The summed E-state index contributed by atoms with van der Waals surface area (Å²) in [6, 6.07) is 8.85. The fourth-order valence-corrected chi connectivity index (χ4v) is 5.53. The van der Waals surface area contributed by atoms with E-state index < -0.39 is 9.84 Å². The van der Waals surface area contributed by atoms with E-state index in [4.69, 9.17) is 16.1 Å². The number of hydrogen-bond acceptors (Lipinski definition) is 6. The van der Waals surface area contributed by atoms with Crippen molar-refractivity contribution in [2.75, 3.05) is 37.7 Å². The fourth-order valence-electron chi connectivity index (χ4n) is 3.64. The molecule has 0 saturated carbocycles. The zero-order valence-corrected chi connectivity index (χ0v) is 16.2. The Morgan fingerprint density at radius 3 is 2.48 bits per heavy atom. The maximum Gasteiger partial charge on any atom is 0.276 e. The van der Waals surface area contributed by atoms with Crippen molar-refractivity contribution in [2.24, 2.45) is 0 Å². The van der Waals surface area contributed by atoms with Crippen molar-refractivity contribution in [3.05, 3.63) is 41.0 Å². The number of piperazine rings is 1. The summed E-state index contributed by atoms with van der Waals surface area (Å²) in [7, 11) is -2.90. The van der Waals surface area contributed by atoms with Crippen molar-refractivity contribution in [1.29, 1.82) is 0 Å². The predicted octanol–water partition coefficient (Wildman–Crippen LogP) is 1.94. The number of benzene rings is 1. The van der Waals surface area contributed by atoms with Crippen molar-refractivity contribution < 1.29 is 17.7 Å². The Hall–Kier alpha value is -1.90. The molecule has 0 radical (unpaired) electrons. The molecule has 2 aliphatic heterocycles. The van der Waals surface area contributed by atoms with Crippen LogP contribution in [0.3, 0.4) is 0 Å². The third-order valence-electron chi connectivity index (χ3n) is 5.18. The van der Waals surface area contributed by atoms with Gasteiger partial charge in [-0.25, -0.2) is 8.42 Å². The Kier molecular flexibility index (Phi) is 4.96. The van der Waals surface area contributed by atoms with Crippen LogP contribution < -0.4 is 0 Å². The van der Waals surface area contributed by atoms with Crippen LogP contribution in [-0.4, -0.2) is 73.0 Å². The summed E-state index contributed by atoms with van der Waals surface area (Å²) in [5.41, 5.74) is 1.08. The third-order valence-corrected chi connectivity index (χ3v) is 7.19. The van der Waals surface area contributed by atoms with Gasteiger partial charge in [0.15, 0.2) is 21.3 Å². The second kappa shape index (κ2) is 7.26. The summed E-state index contributed by atoms with van der Waals surface area (Å²) in [5, 5.41) is 4.54. The lowest BCUT2D eigenvalue weighted by Gasteiger charge is -2.37. The first-order valence-electron chi connectivity index (χ1n) is 8.88. The van der Waals surface area contributed by atoms with Crippen molar-refractivity contribution in [2.45, 2.75) is 12.5 Å². The SMILES string of the molecule is O=C(c1cc(-c2ccc(Cl)cc2)on1)N1CCN(C2CCS(=O)(=O)C2)CC1. The van der Waals surface area contributed by atoms with Crippen LogP contribution in [0.4, 0.5) is 0 Å². The normalized spacial score (nSPS) is 22.9. The van der Waals surface area contributed by atoms with Crippen molar-refractivity contribution in [3.63, 3.8) is 0 Å². The predicted molar refractivity (Wildman–Crippen MR) is 101 cm³/mol. The number of halogens is 1. The van der Waals surface area contributed by atoms with Crippen LogP contribution in [0.1, 0.15) is 16.9 Å². The molecule has 2 saturated heterocycles. The molecule has 0 aliphatic carbocycles. The highest BCUT2D eigenvalue weighted by Crippen LogP contribution is 2.24. The summed E-state index contributed by atoms with van der Waals surface area (Å²) in [6.45, 7) is 2.46. The number of rotatable bonds is 3. The van der Waals surface area contributed by atoms with E-state index in [2.05, 4.69) is 10.1 Å². The number of hydrogen-bond donors (Lipinski definition) is 0. The molecule has 1 amide bonds. The molecule has 2 fully saturated rings. The van der Waals surface area contributed by atoms with Crippen molar-refractivity contribution in [1.82, 2.24) is 15.0 Å². The molecule has 2 aliphatic rings. The van der Waals surface area contributed by atoms with E-state index in [0.717, 1.165) is 5.56 Å². The maximum absolute atomic E-state index is 12.7.